The molecule has 0 radical (unpaired) electrons. The number of benzene rings is 2. The number of carbonyl (C=O) groups excluding carboxylic acids is 2. The van der Waals surface area contributed by atoms with Gasteiger partial charge in [0.25, 0.3) is 11.6 Å². The number of halogens is 10. The van der Waals surface area contributed by atoms with E-state index in [-0.39, 0.29) is 0 Å². The fraction of sp³-hybridized carbons (Fsp3) is 0.304. The van der Waals surface area contributed by atoms with E-state index in [1.165, 1.54) is 5.32 Å². The van der Waals surface area contributed by atoms with Gasteiger partial charge >= 0.3 is 18.5 Å². The molecule has 218 valence electrons. The van der Waals surface area contributed by atoms with Crippen LogP contribution >= 0.6 is 11.6 Å². The van der Waals surface area contributed by atoms with Gasteiger partial charge in [-0.15, -0.1) is 0 Å². The zero-order valence-electron chi connectivity index (χ0n) is 19.8. The molecule has 2 aromatic carbocycles. The van der Waals surface area contributed by atoms with Gasteiger partial charge in [-0.1, -0.05) is 35.9 Å². The first-order valence-corrected chi connectivity index (χ1v) is 11.1. The second kappa shape index (κ2) is 12.1. The molecule has 0 bridgehead atoms. The summed E-state index contributed by atoms with van der Waals surface area (Å²) in [6.45, 7) is -0.824. The van der Waals surface area contributed by atoms with Crippen LogP contribution in [0, 0.1) is 10.1 Å². The van der Waals surface area contributed by atoms with Crippen molar-refractivity contribution in [2.75, 3.05) is 6.54 Å². The molecule has 17 heteroatoms. The Labute approximate surface area is 224 Å². The van der Waals surface area contributed by atoms with Crippen LogP contribution in [0.2, 0.25) is 5.02 Å². The molecular weight excluding hydrogens is 589 g/mol. The standard InChI is InChI=1S/C23H17ClF9N3O4/c1-11(19(37)34-10-21(25,26)27)35-20(38)14-5-2-12(8-16(14)23(31,32)33)3-6-15(22(28,29)30)13-4-7-17(24)18(9-13)36(39)40/h2-9,11,15H,10H2,1H3,(H,34,37)(H,35,38). The minimum atomic E-state index is -5.21. The lowest BCUT2D eigenvalue weighted by Crippen LogP contribution is -2.47. The smallest absolute Gasteiger partial charge is 0.345 e. The molecule has 2 unspecified atom stereocenters. The van der Waals surface area contributed by atoms with E-state index in [0.29, 0.717) is 30.4 Å². The van der Waals surface area contributed by atoms with Gasteiger partial charge in [0.05, 0.1) is 22.0 Å². The Morgan fingerprint density at radius 2 is 1.65 bits per heavy atom. The Hall–Kier alpha value is -3.82. The molecule has 0 heterocycles. The highest BCUT2D eigenvalue weighted by Crippen LogP contribution is 2.39. The maximum atomic E-state index is 13.7. The van der Waals surface area contributed by atoms with E-state index < -0.39 is 86.7 Å². The Kier molecular flexibility index (Phi) is 9.83. The molecule has 40 heavy (non-hydrogen) atoms. The number of amides is 2. The van der Waals surface area contributed by atoms with Crippen LogP contribution in [-0.2, 0) is 11.0 Å². The van der Waals surface area contributed by atoms with Crippen molar-refractivity contribution >= 4 is 35.2 Å². The molecule has 2 amide bonds. The van der Waals surface area contributed by atoms with E-state index in [1.807, 2.05) is 5.32 Å². The number of alkyl halides is 9. The van der Waals surface area contributed by atoms with Crippen LogP contribution in [0.5, 0.6) is 0 Å². The molecule has 0 saturated carbocycles. The van der Waals surface area contributed by atoms with Crippen LogP contribution in [-0.4, -0.2) is 41.7 Å². The molecule has 2 rings (SSSR count). The van der Waals surface area contributed by atoms with Gasteiger partial charge in [-0.2, -0.15) is 39.5 Å². The molecule has 0 saturated heterocycles. The first-order valence-electron chi connectivity index (χ1n) is 10.8. The number of carbonyl (C=O) groups is 2. The second-order valence-electron chi connectivity index (χ2n) is 8.18. The molecule has 2 N–H and O–H groups in total. The summed E-state index contributed by atoms with van der Waals surface area (Å²) in [5.41, 5.74) is -4.55. The largest absolute Gasteiger partial charge is 0.417 e. The van der Waals surface area contributed by atoms with Crippen molar-refractivity contribution in [2.24, 2.45) is 0 Å². The van der Waals surface area contributed by atoms with Gasteiger partial charge in [0.15, 0.2) is 0 Å². The summed E-state index contributed by atoms with van der Waals surface area (Å²) in [5.74, 6) is -5.31. The molecule has 2 aromatic rings. The molecule has 0 aliphatic heterocycles. The number of nitro benzene ring substituents is 1. The number of nitrogens with zero attached hydrogens (tertiary/aromatic N) is 1. The van der Waals surface area contributed by atoms with E-state index in [2.05, 4.69) is 0 Å². The SMILES string of the molecule is CC(NC(=O)c1ccc(C=CC(c2ccc(Cl)c([N+](=O)[O-])c2)C(F)(F)F)cc1C(F)(F)F)C(=O)NCC(F)(F)F. The van der Waals surface area contributed by atoms with Crippen molar-refractivity contribution in [3.05, 3.63) is 79.9 Å². The third-order valence-electron chi connectivity index (χ3n) is 5.16. The highest BCUT2D eigenvalue weighted by Gasteiger charge is 2.40. The normalized spacial score (nSPS) is 14.1. The Bertz CT molecular complexity index is 1310. The van der Waals surface area contributed by atoms with Crippen molar-refractivity contribution < 1.29 is 54.0 Å². The summed E-state index contributed by atoms with van der Waals surface area (Å²) in [6, 6.07) is 2.43. The monoisotopic (exact) mass is 605 g/mol. The van der Waals surface area contributed by atoms with Crippen molar-refractivity contribution in [3.8, 4) is 0 Å². The van der Waals surface area contributed by atoms with Gasteiger partial charge in [0.1, 0.15) is 17.6 Å². The summed E-state index contributed by atoms with van der Waals surface area (Å²) in [5, 5.41) is 13.9. The lowest BCUT2D eigenvalue weighted by molar-refractivity contribution is -0.384. The Balaban J connectivity index is 2.39. The molecule has 0 spiro atoms. The fourth-order valence-corrected chi connectivity index (χ4v) is 3.44. The lowest BCUT2D eigenvalue weighted by atomic mass is 9.95. The molecule has 0 fully saturated rings. The first kappa shape index (κ1) is 32.4. The zero-order valence-corrected chi connectivity index (χ0v) is 20.6. The highest BCUT2D eigenvalue weighted by molar-refractivity contribution is 6.32. The molecule has 0 aliphatic rings. The van der Waals surface area contributed by atoms with Crippen molar-refractivity contribution in [2.45, 2.75) is 37.4 Å². The molecule has 0 aromatic heterocycles. The fourth-order valence-electron chi connectivity index (χ4n) is 3.26. The lowest BCUT2D eigenvalue weighted by Gasteiger charge is -2.18. The second-order valence-corrected chi connectivity index (χ2v) is 8.58. The van der Waals surface area contributed by atoms with Gasteiger partial charge in [-0.3, -0.25) is 19.7 Å². The number of nitrogens with one attached hydrogen (secondary N) is 2. The highest BCUT2D eigenvalue weighted by atomic mass is 35.5. The van der Waals surface area contributed by atoms with Crippen LogP contribution in [0.15, 0.2) is 42.5 Å². The Morgan fingerprint density at radius 3 is 2.17 bits per heavy atom. The summed E-state index contributed by atoms with van der Waals surface area (Å²) < 4.78 is 119. The average molecular weight is 606 g/mol. The molecule has 2 atom stereocenters. The molecular formula is C23H17ClF9N3O4. The van der Waals surface area contributed by atoms with Crippen molar-refractivity contribution in [3.63, 3.8) is 0 Å². The topological polar surface area (TPSA) is 101 Å². The molecule has 0 aliphatic carbocycles. The van der Waals surface area contributed by atoms with Crippen LogP contribution in [0.25, 0.3) is 6.08 Å². The summed E-state index contributed by atoms with van der Waals surface area (Å²) in [7, 11) is 0. The van der Waals surface area contributed by atoms with E-state index >= 15 is 0 Å². The van der Waals surface area contributed by atoms with E-state index in [4.69, 9.17) is 11.6 Å². The summed E-state index contributed by atoms with van der Waals surface area (Å²) in [4.78, 5) is 34.1. The van der Waals surface area contributed by atoms with Gasteiger partial charge in [-0.05, 0) is 36.2 Å². The predicted octanol–water partition coefficient (Wildman–Crippen LogP) is 6.42. The predicted molar refractivity (Wildman–Crippen MR) is 123 cm³/mol. The maximum Gasteiger partial charge on any atom is 0.417 e. The van der Waals surface area contributed by atoms with Gasteiger partial charge in [0, 0.05) is 6.07 Å². The van der Waals surface area contributed by atoms with E-state index in [0.717, 1.165) is 25.1 Å². The van der Waals surface area contributed by atoms with E-state index in [9.17, 15) is 59.2 Å². The zero-order chi connectivity index (χ0) is 30.6. The summed E-state index contributed by atoms with van der Waals surface area (Å²) in [6.07, 6.45) is -13.9. The van der Waals surface area contributed by atoms with Crippen LogP contribution in [0.4, 0.5) is 45.2 Å². The molecule has 7 nitrogen and oxygen atoms in total. The van der Waals surface area contributed by atoms with Crippen LogP contribution in [0.3, 0.4) is 0 Å². The van der Waals surface area contributed by atoms with Gasteiger partial charge in [-0.25, -0.2) is 0 Å². The van der Waals surface area contributed by atoms with Crippen LogP contribution in [0.1, 0.15) is 39.9 Å². The summed E-state index contributed by atoms with van der Waals surface area (Å²) >= 11 is 5.62. The first-order chi connectivity index (χ1) is 18.2. The third-order valence-corrected chi connectivity index (χ3v) is 5.48. The number of hydrogen-bond donors (Lipinski definition) is 2. The van der Waals surface area contributed by atoms with Crippen molar-refractivity contribution in [1.29, 1.82) is 0 Å². The average Bonchev–Trinajstić information content (AvgIpc) is 2.81. The number of rotatable bonds is 8. The quantitative estimate of drug-likeness (QED) is 0.206. The minimum absolute atomic E-state index is 0.345. The maximum absolute atomic E-state index is 13.7. The third kappa shape index (κ3) is 8.86. The van der Waals surface area contributed by atoms with Gasteiger partial charge < -0.3 is 10.6 Å². The number of hydrogen-bond acceptors (Lipinski definition) is 4. The number of nitro groups is 1. The van der Waals surface area contributed by atoms with Crippen molar-refractivity contribution in [1.82, 2.24) is 10.6 Å². The minimum Gasteiger partial charge on any atom is -0.345 e. The van der Waals surface area contributed by atoms with Gasteiger partial charge in [0.2, 0.25) is 5.91 Å². The van der Waals surface area contributed by atoms with E-state index in [1.54, 1.807) is 0 Å². The van der Waals surface area contributed by atoms with Crippen LogP contribution < -0.4 is 10.6 Å². The Morgan fingerprint density at radius 1 is 1.02 bits per heavy atom. The number of allylic oxidation sites excluding steroid dienone is 1.